The highest BCUT2D eigenvalue weighted by atomic mass is 35.5. The first-order chi connectivity index (χ1) is 7.68. The highest BCUT2D eigenvalue weighted by molar-refractivity contribution is 6.17. The van der Waals surface area contributed by atoms with Crippen LogP contribution < -0.4 is 5.32 Å². The van der Waals surface area contributed by atoms with Crippen molar-refractivity contribution in [1.82, 2.24) is 5.32 Å². The predicted molar refractivity (Wildman–Crippen MR) is 58.1 cm³/mol. The van der Waals surface area contributed by atoms with Crippen molar-refractivity contribution in [1.29, 1.82) is 0 Å². The van der Waals surface area contributed by atoms with E-state index in [1.165, 1.54) is 19.4 Å². The number of nitrogens with one attached hydrogen (secondary N) is 1. The van der Waals surface area contributed by atoms with Crippen molar-refractivity contribution in [3.8, 4) is 0 Å². The van der Waals surface area contributed by atoms with Crippen molar-refractivity contribution in [2.45, 2.75) is 5.85 Å². The van der Waals surface area contributed by atoms with E-state index < -0.39 is 11.8 Å². The van der Waals surface area contributed by atoms with Crippen molar-refractivity contribution in [2.24, 2.45) is 4.99 Å². The standard InChI is InChI=1S/C8H10Cl2N2O4/c1-14-7(13)8(16-5-10)11-3-2-6(12-8)15-4-9/h2-3,12H,4-5H2,1H3. The topological polar surface area (TPSA) is 69.2 Å². The lowest BCUT2D eigenvalue weighted by Gasteiger charge is -2.30. The number of rotatable bonds is 5. The van der Waals surface area contributed by atoms with Gasteiger partial charge in [0.15, 0.2) is 11.9 Å². The van der Waals surface area contributed by atoms with Gasteiger partial charge in [-0.2, -0.15) is 0 Å². The van der Waals surface area contributed by atoms with E-state index in [0.29, 0.717) is 0 Å². The molecule has 0 amide bonds. The number of carbonyl (C=O) groups is 1. The quantitative estimate of drug-likeness (QED) is 0.589. The van der Waals surface area contributed by atoms with Crippen LogP contribution in [-0.4, -0.2) is 37.3 Å². The number of methoxy groups -OCH3 is 1. The zero-order valence-corrected chi connectivity index (χ0v) is 9.92. The minimum Gasteiger partial charge on any atom is -0.464 e. The number of halogens is 2. The van der Waals surface area contributed by atoms with Crippen LogP contribution in [0.1, 0.15) is 0 Å². The van der Waals surface area contributed by atoms with E-state index >= 15 is 0 Å². The molecule has 0 aromatic carbocycles. The fourth-order valence-electron chi connectivity index (χ4n) is 1.05. The van der Waals surface area contributed by atoms with Gasteiger partial charge in [0.25, 0.3) is 0 Å². The molecule has 1 heterocycles. The van der Waals surface area contributed by atoms with Gasteiger partial charge in [-0.05, 0) is 0 Å². The van der Waals surface area contributed by atoms with E-state index in [4.69, 9.17) is 32.7 Å². The molecule has 1 atom stereocenters. The van der Waals surface area contributed by atoms with E-state index in [-0.39, 0.29) is 18.0 Å². The Labute approximate surface area is 102 Å². The molecular weight excluding hydrogens is 259 g/mol. The second-order valence-electron chi connectivity index (χ2n) is 2.58. The van der Waals surface area contributed by atoms with Gasteiger partial charge in [-0.1, -0.05) is 23.2 Å². The monoisotopic (exact) mass is 268 g/mol. The first kappa shape index (κ1) is 13.1. The third kappa shape index (κ3) is 2.78. The van der Waals surface area contributed by atoms with Gasteiger partial charge in [0.05, 0.1) is 7.11 Å². The Balaban J connectivity index is 2.85. The van der Waals surface area contributed by atoms with Gasteiger partial charge < -0.3 is 14.2 Å². The second-order valence-corrected chi connectivity index (χ2v) is 3.01. The lowest BCUT2D eigenvalue weighted by atomic mass is 10.3. The van der Waals surface area contributed by atoms with Crippen molar-refractivity contribution in [3.05, 3.63) is 12.0 Å². The maximum Gasteiger partial charge on any atom is 0.384 e. The maximum atomic E-state index is 11.5. The molecule has 0 saturated heterocycles. The summed E-state index contributed by atoms with van der Waals surface area (Å²) in [5, 5.41) is 2.59. The Morgan fingerprint density at radius 2 is 2.31 bits per heavy atom. The highest BCUT2D eigenvalue weighted by Gasteiger charge is 2.43. The average molecular weight is 269 g/mol. The molecule has 0 saturated carbocycles. The van der Waals surface area contributed by atoms with E-state index in [1.807, 2.05) is 0 Å². The third-order valence-corrected chi connectivity index (χ3v) is 1.93. The van der Waals surface area contributed by atoms with Gasteiger partial charge in [-0.15, -0.1) is 0 Å². The zero-order chi connectivity index (χ0) is 12.0. The average Bonchev–Trinajstić information content (AvgIpc) is 2.29. The number of nitrogens with zero attached hydrogens (tertiary/aromatic N) is 1. The van der Waals surface area contributed by atoms with Crippen LogP contribution in [0.25, 0.3) is 0 Å². The van der Waals surface area contributed by atoms with Gasteiger partial charge in [0, 0.05) is 12.3 Å². The lowest BCUT2D eigenvalue weighted by Crippen LogP contribution is -2.54. The second kappa shape index (κ2) is 5.93. The molecule has 16 heavy (non-hydrogen) atoms. The molecule has 0 aromatic rings. The molecule has 0 fully saturated rings. The van der Waals surface area contributed by atoms with Crippen LogP contribution >= 0.6 is 23.2 Å². The number of alkyl halides is 2. The predicted octanol–water partition coefficient (Wildman–Crippen LogP) is 0.754. The number of hydrogen-bond donors (Lipinski definition) is 1. The molecule has 0 bridgehead atoms. The van der Waals surface area contributed by atoms with Gasteiger partial charge in [-0.25, -0.2) is 9.79 Å². The minimum atomic E-state index is -1.72. The summed E-state index contributed by atoms with van der Waals surface area (Å²) in [4.78, 5) is 15.4. The van der Waals surface area contributed by atoms with Crippen LogP contribution in [0.15, 0.2) is 17.0 Å². The fraction of sp³-hybridized carbons (Fsp3) is 0.500. The van der Waals surface area contributed by atoms with E-state index in [0.717, 1.165) is 0 Å². The van der Waals surface area contributed by atoms with Crippen LogP contribution in [0.2, 0.25) is 0 Å². The first-order valence-electron chi connectivity index (χ1n) is 4.19. The van der Waals surface area contributed by atoms with Crippen molar-refractivity contribution < 1.29 is 19.0 Å². The minimum absolute atomic E-state index is 0.0786. The number of ether oxygens (including phenoxy) is 3. The normalized spacial score (nSPS) is 23.3. The molecule has 6 nitrogen and oxygen atoms in total. The Morgan fingerprint density at radius 3 is 2.88 bits per heavy atom. The van der Waals surface area contributed by atoms with E-state index in [1.54, 1.807) is 0 Å². The van der Waals surface area contributed by atoms with Gasteiger partial charge >= 0.3 is 11.8 Å². The molecule has 8 heteroatoms. The fourth-order valence-corrected chi connectivity index (χ4v) is 1.32. The number of aliphatic imine (C=N–C) groups is 1. The molecule has 1 aliphatic heterocycles. The van der Waals surface area contributed by atoms with Crippen molar-refractivity contribution in [2.75, 3.05) is 19.2 Å². The van der Waals surface area contributed by atoms with Crippen LogP contribution in [0.3, 0.4) is 0 Å². The summed E-state index contributed by atoms with van der Waals surface area (Å²) in [6, 6.07) is -0.321. The molecule has 1 N–H and O–H groups in total. The van der Waals surface area contributed by atoms with Crippen LogP contribution in [0, 0.1) is 0 Å². The summed E-state index contributed by atoms with van der Waals surface area (Å²) in [7, 11) is 1.21. The largest absolute Gasteiger partial charge is 0.464 e. The highest BCUT2D eigenvalue weighted by Crippen LogP contribution is 2.18. The summed E-state index contributed by atoms with van der Waals surface area (Å²) >= 11 is 10.8. The molecule has 1 aliphatic rings. The molecule has 0 spiro atoms. The first-order valence-corrected chi connectivity index (χ1v) is 5.26. The third-order valence-electron chi connectivity index (χ3n) is 1.71. The Kier molecular flexibility index (Phi) is 4.85. The molecule has 90 valence electrons. The van der Waals surface area contributed by atoms with Crippen LogP contribution in [0.4, 0.5) is 0 Å². The lowest BCUT2D eigenvalue weighted by molar-refractivity contribution is -0.171. The molecule has 0 aromatic heterocycles. The zero-order valence-electron chi connectivity index (χ0n) is 8.41. The smallest absolute Gasteiger partial charge is 0.384 e. The van der Waals surface area contributed by atoms with Crippen molar-refractivity contribution in [3.63, 3.8) is 0 Å². The molecule has 0 aliphatic carbocycles. The molecule has 1 rings (SSSR count). The summed E-state index contributed by atoms with van der Waals surface area (Å²) in [6.45, 7) is 0. The van der Waals surface area contributed by atoms with Gasteiger partial charge in [-0.3, -0.25) is 5.32 Å². The molecule has 0 radical (unpaired) electrons. The number of esters is 1. The van der Waals surface area contributed by atoms with Crippen LogP contribution in [-0.2, 0) is 19.0 Å². The van der Waals surface area contributed by atoms with Crippen LogP contribution in [0.5, 0.6) is 0 Å². The van der Waals surface area contributed by atoms with E-state index in [9.17, 15) is 4.79 Å². The maximum absolute atomic E-state index is 11.5. The van der Waals surface area contributed by atoms with Gasteiger partial charge in [0.2, 0.25) is 0 Å². The Bertz CT molecular complexity index is 321. The summed E-state index contributed by atoms with van der Waals surface area (Å²) < 4.78 is 14.5. The number of hydrogen-bond acceptors (Lipinski definition) is 6. The summed E-state index contributed by atoms with van der Waals surface area (Å²) in [6.07, 6.45) is 2.82. The molecule has 1 unspecified atom stereocenters. The summed E-state index contributed by atoms with van der Waals surface area (Å²) in [5.41, 5.74) is 0. The Morgan fingerprint density at radius 1 is 1.56 bits per heavy atom. The Hall–Kier alpha value is -0.980. The SMILES string of the molecule is COC(=O)C1(OCCl)N=CC=C(OCCl)N1. The van der Waals surface area contributed by atoms with Gasteiger partial charge in [0.1, 0.15) is 6.07 Å². The summed E-state index contributed by atoms with van der Waals surface area (Å²) in [5.74, 6) is -2.22. The van der Waals surface area contributed by atoms with E-state index in [2.05, 4.69) is 15.0 Å². The molecular formula is C8H10Cl2N2O4. The number of carbonyl (C=O) groups excluding carboxylic acids is 1. The number of allylic oxidation sites excluding steroid dienone is 1. The van der Waals surface area contributed by atoms with Crippen molar-refractivity contribution >= 4 is 35.4 Å².